The Bertz CT molecular complexity index is 1410. The van der Waals surface area contributed by atoms with Crippen LogP contribution in [-0.4, -0.2) is 47.3 Å². The number of rotatable bonds is 6. The van der Waals surface area contributed by atoms with Gasteiger partial charge in [0.25, 0.3) is 5.91 Å². The van der Waals surface area contributed by atoms with E-state index < -0.39 is 27.0 Å². The van der Waals surface area contributed by atoms with Crippen molar-refractivity contribution in [3.8, 4) is 0 Å². The Labute approximate surface area is 209 Å². The Morgan fingerprint density at radius 2 is 1.86 bits per heavy atom. The molecule has 5 rings (SSSR count). The Kier molecular flexibility index (Phi) is 6.35. The largest absolute Gasteiger partial charge is 0.299 e. The molecule has 186 valence electrons. The first-order valence-electron chi connectivity index (χ1n) is 11.8. The molecule has 3 aromatic rings. The molecule has 1 saturated heterocycles. The molecule has 0 radical (unpaired) electrons. The van der Waals surface area contributed by atoms with E-state index in [9.17, 15) is 17.6 Å². The van der Waals surface area contributed by atoms with Crippen molar-refractivity contribution >= 4 is 38.4 Å². The Balaban J connectivity index is 1.33. The Morgan fingerprint density at radius 1 is 1.14 bits per heavy atom. The highest BCUT2D eigenvalue weighted by Crippen LogP contribution is 2.31. The molecule has 1 aliphatic carbocycles. The van der Waals surface area contributed by atoms with E-state index in [1.807, 2.05) is 34.5 Å². The number of piperidine rings is 1. The van der Waals surface area contributed by atoms with E-state index in [2.05, 4.69) is 16.9 Å². The summed E-state index contributed by atoms with van der Waals surface area (Å²) in [4.78, 5) is 14.9. The van der Waals surface area contributed by atoms with Crippen LogP contribution in [-0.2, 0) is 16.6 Å². The van der Waals surface area contributed by atoms with Gasteiger partial charge in [-0.05, 0) is 68.9 Å². The highest BCUT2D eigenvalue weighted by atomic mass is 35.5. The molecule has 0 bridgehead atoms. The highest BCUT2D eigenvalue weighted by Gasteiger charge is 2.37. The molecule has 10 heteroatoms. The van der Waals surface area contributed by atoms with E-state index in [0.29, 0.717) is 29.4 Å². The number of aromatic nitrogens is 2. The fourth-order valence-corrected chi connectivity index (χ4v) is 6.27. The summed E-state index contributed by atoms with van der Waals surface area (Å²) in [6, 6.07) is 8.77. The molecule has 1 N–H and O–H groups in total. The van der Waals surface area contributed by atoms with Crippen LogP contribution in [0.2, 0.25) is 5.02 Å². The van der Waals surface area contributed by atoms with E-state index in [1.54, 1.807) is 0 Å². The molecule has 7 nitrogen and oxygen atoms in total. The van der Waals surface area contributed by atoms with E-state index in [4.69, 9.17) is 11.6 Å². The number of halogens is 2. The summed E-state index contributed by atoms with van der Waals surface area (Å²) in [7, 11) is -3.76. The number of aryl methyl sites for hydroxylation is 2. The summed E-state index contributed by atoms with van der Waals surface area (Å²) >= 11 is 6.17. The Hall–Kier alpha value is -2.49. The smallest absolute Gasteiger partial charge is 0.267 e. The average molecular weight is 519 g/mol. The van der Waals surface area contributed by atoms with Gasteiger partial charge in [-0.2, -0.15) is 5.10 Å². The van der Waals surface area contributed by atoms with Crippen LogP contribution in [0.15, 0.2) is 30.3 Å². The van der Waals surface area contributed by atoms with Gasteiger partial charge in [0.05, 0.1) is 28.1 Å². The molecule has 2 fully saturated rings. The molecule has 2 aromatic carbocycles. The first-order chi connectivity index (χ1) is 16.6. The van der Waals surface area contributed by atoms with Crippen LogP contribution in [0.4, 0.5) is 4.39 Å². The van der Waals surface area contributed by atoms with Gasteiger partial charge in [-0.1, -0.05) is 17.7 Å². The van der Waals surface area contributed by atoms with E-state index in [0.717, 1.165) is 37.5 Å². The van der Waals surface area contributed by atoms with Gasteiger partial charge in [-0.15, -0.1) is 0 Å². The van der Waals surface area contributed by atoms with Gasteiger partial charge in [-0.25, -0.2) is 17.5 Å². The quantitative estimate of drug-likeness (QED) is 0.519. The van der Waals surface area contributed by atoms with Gasteiger partial charge in [0.1, 0.15) is 5.82 Å². The van der Waals surface area contributed by atoms with E-state index in [-0.39, 0.29) is 11.6 Å². The lowest BCUT2D eigenvalue weighted by atomic mass is 10.0. The number of hydrogen-bond donors (Lipinski definition) is 1. The maximum atomic E-state index is 15.0. The van der Waals surface area contributed by atoms with Crippen LogP contribution in [0, 0.1) is 19.7 Å². The number of benzene rings is 2. The number of likely N-dealkylation sites (tertiary alicyclic amines) is 1. The molecule has 1 aromatic heterocycles. The molecule has 35 heavy (non-hydrogen) atoms. The van der Waals surface area contributed by atoms with Crippen LogP contribution in [0.1, 0.15) is 58.9 Å². The number of sulfonamides is 1. The second kappa shape index (κ2) is 9.19. The average Bonchev–Trinajstić information content (AvgIpc) is 3.62. The lowest BCUT2D eigenvalue weighted by Gasteiger charge is -2.32. The SMILES string of the molecule is Cc1ccc(Cl)cc1CN1CCC(n2nc(C)c3cc(C(=O)NS(=O)(=O)C4CC4)c(F)cc32)CC1. The van der Waals surface area contributed by atoms with Crippen LogP contribution in [0.3, 0.4) is 0 Å². The van der Waals surface area contributed by atoms with Gasteiger partial charge in [0, 0.05) is 36.1 Å². The minimum absolute atomic E-state index is 0.109. The van der Waals surface area contributed by atoms with Gasteiger partial charge >= 0.3 is 0 Å². The minimum atomic E-state index is -3.76. The summed E-state index contributed by atoms with van der Waals surface area (Å²) in [5, 5.41) is 5.49. The molecule has 1 saturated carbocycles. The van der Waals surface area contributed by atoms with E-state index >= 15 is 0 Å². The number of carbonyl (C=O) groups is 1. The monoisotopic (exact) mass is 518 g/mol. The molecule has 2 aliphatic rings. The van der Waals surface area contributed by atoms with Crippen molar-refractivity contribution in [1.29, 1.82) is 0 Å². The second-order valence-corrected chi connectivity index (χ2v) is 12.0. The van der Waals surface area contributed by atoms with Crippen molar-refractivity contribution in [2.75, 3.05) is 13.1 Å². The maximum Gasteiger partial charge on any atom is 0.267 e. The predicted molar refractivity (Wildman–Crippen MR) is 134 cm³/mol. The number of fused-ring (bicyclic) bond motifs is 1. The zero-order valence-electron chi connectivity index (χ0n) is 19.7. The van der Waals surface area contributed by atoms with Gasteiger partial charge in [0.2, 0.25) is 10.0 Å². The number of carbonyl (C=O) groups excluding carboxylic acids is 1. The van der Waals surface area contributed by atoms with Crippen molar-refractivity contribution in [3.05, 3.63) is 63.6 Å². The van der Waals surface area contributed by atoms with Crippen molar-refractivity contribution in [2.24, 2.45) is 0 Å². The van der Waals surface area contributed by atoms with Crippen molar-refractivity contribution < 1.29 is 17.6 Å². The molecular formula is C25H28ClFN4O3S. The molecule has 1 amide bonds. The zero-order chi connectivity index (χ0) is 24.9. The summed E-state index contributed by atoms with van der Waals surface area (Å²) < 4.78 is 43.1. The standard InChI is InChI=1S/C25H28ClFN4O3S/c1-15-3-4-18(26)11-17(15)14-30-9-7-19(8-10-30)31-24-13-23(27)22(12-21(24)16(2)28-31)25(32)29-35(33,34)20-5-6-20/h3-4,11-13,19-20H,5-10,14H2,1-2H3,(H,29,32). The molecule has 0 spiro atoms. The summed E-state index contributed by atoms with van der Waals surface area (Å²) in [5.74, 6) is -1.69. The van der Waals surface area contributed by atoms with Gasteiger partial charge in [0.15, 0.2) is 0 Å². The molecule has 0 atom stereocenters. The van der Waals surface area contributed by atoms with Crippen molar-refractivity contribution in [2.45, 2.75) is 57.4 Å². The molecular weight excluding hydrogens is 491 g/mol. The number of nitrogens with one attached hydrogen (secondary N) is 1. The van der Waals surface area contributed by atoms with Crippen LogP contribution in [0.5, 0.6) is 0 Å². The molecule has 1 aliphatic heterocycles. The number of hydrogen-bond acceptors (Lipinski definition) is 5. The summed E-state index contributed by atoms with van der Waals surface area (Å²) in [6.07, 6.45) is 2.76. The third-order valence-corrected chi connectivity index (χ3v) is 9.08. The number of amides is 1. The van der Waals surface area contributed by atoms with Gasteiger partial charge in [-0.3, -0.25) is 14.4 Å². The first-order valence-corrected chi connectivity index (χ1v) is 13.8. The Morgan fingerprint density at radius 3 is 2.54 bits per heavy atom. The highest BCUT2D eigenvalue weighted by molar-refractivity contribution is 7.91. The van der Waals surface area contributed by atoms with Crippen LogP contribution >= 0.6 is 11.6 Å². The summed E-state index contributed by atoms with van der Waals surface area (Å²) in [6.45, 7) is 6.48. The normalized spacial score (nSPS) is 17.7. The first kappa shape index (κ1) is 24.2. The molecule has 0 unspecified atom stereocenters. The van der Waals surface area contributed by atoms with Gasteiger partial charge < -0.3 is 0 Å². The number of nitrogens with zero attached hydrogens (tertiary/aromatic N) is 3. The third-order valence-electron chi connectivity index (χ3n) is 7.03. The fourth-order valence-electron chi connectivity index (χ4n) is 4.78. The van der Waals surface area contributed by atoms with Crippen LogP contribution in [0.25, 0.3) is 10.9 Å². The zero-order valence-corrected chi connectivity index (χ0v) is 21.3. The van der Waals surface area contributed by atoms with Crippen LogP contribution < -0.4 is 4.72 Å². The second-order valence-electron chi connectivity index (χ2n) is 9.63. The lowest BCUT2D eigenvalue weighted by Crippen LogP contribution is -2.34. The van der Waals surface area contributed by atoms with E-state index in [1.165, 1.54) is 23.3 Å². The fraction of sp³-hybridized carbons (Fsp3) is 0.440. The third kappa shape index (κ3) is 4.94. The summed E-state index contributed by atoms with van der Waals surface area (Å²) in [5.41, 5.74) is 3.44. The topological polar surface area (TPSA) is 84.3 Å². The lowest BCUT2D eigenvalue weighted by molar-refractivity contribution is 0.0977. The minimum Gasteiger partial charge on any atom is -0.299 e. The predicted octanol–water partition coefficient (Wildman–Crippen LogP) is 4.50. The molecule has 2 heterocycles. The van der Waals surface area contributed by atoms with Crippen molar-refractivity contribution in [3.63, 3.8) is 0 Å². The maximum absolute atomic E-state index is 15.0. The van der Waals surface area contributed by atoms with Crippen molar-refractivity contribution in [1.82, 2.24) is 19.4 Å².